The highest BCUT2D eigenvalue weighted by molar-refractivity contribution is 7.13. The number of benzene rings is 2. The molecular formula is C23H27N3O2S. The Bertz CT molecular complexity index is 1550. The molecule has 1 atom stereocenters. The van der Waals surface area contributed by atoms with Gasteiger partial charge in [0.15, 0.2) is 5.13 Å². The van der Waals surface area contributed by atoms with Crippen molar-refractivity contribution in [2.75, 3.05) is 11.1 Å². The first-order valence-electron chi connectivity index (χ1n) is 15.5. The summed E-state index contributed by atoms with van der Waals surface area (Å²) in [7, 11) is 0. The number of aliphatic hydroxyl groups is 1. The Morgan fingerprint density at radius 3 is 2.66 bits per heavy atom. The quantitative estimate of drug-likeness (QED) is 0.467. The molecule has 29 heavy (non-hydrogen) atoms. The minimum absolute atomic E-state index is 0.0268. The molecule has 3 rings (SSSR count). The summed E-state index contributed by atoms with van der Waals surface area (Å²) in [6.45, 7) is 1.36. The first-order chi connectivity index (χ1) is 19.6. The molecule has 5 nitrogen and oxygen atoms in total. The van der Waals surface area contributed by atoms with Gasteiger partial charge in [0, 0.05) is 16.5 Å². The lowest BCUT2D eigenvalue weighted by Gasteiger charge is -2.11. The standard InChI is InChI=1S/C23H27N3O2S/c1-16-6-10-18(11-7-16)21(27)5-3-2-4-17-8-12-19(13-9-17)25-22(28)14-20-15-29-23(24)26-20/h6-13,15,21,27H,2-5,14H2,1H3,(H2,24,26)(H,25,28)/t21-/m0/s1/i4D2,6D,7D,8D,9D,10D,11D,12D,13D,14D2,15D,21D. The van der Waals surface area contributed by atoms with Crippen molar-refractivity contribution in [3.63, 3.8) is 0 Å². The van der Waals surface area contributed by atoms with Crippen molar-refractivity contribution in [1.29, 1.82) is 0 Å². The Morgan fingerprint density at radius 2 is 2.00 bits per heavy atom. The van der Waals surface area contributed by atoms with Gasteiger partial charge in [-0.1, -0.05) is 48.2 Å². The molecule has 0 fully saturated rings. The number of hydrogen-bond donors (Lipinski definition) is 3. The molecule has 0 unspecified atom stereocenters. The van der Waals surface area contributed by atoms with E-state index in [0.29, 0.717) is 11.3 Å². The highest BCUT2D eigenvalue weighted by atomic mass is 32.1. The van der Waals surface area contributed by atoms with E-state index in [-0.39, 0.29) is 17.1 Å². The van der Waals surface area contributed by atoms with E-state index in [1.54, 1.807) is 0 Å². The van der Waals surface area contributed by atoms with Crippen LogP contribution in [0, 0.1) is 6.92 Å². The van der Waals surface area contributed by atoms with E-state index in [0.717, 1.165) is 0 Å². The number of carbonyl (C=O) groups excluding carboxylic acids is 1. The maximum atomic E-state index is 12.8. The third-order valence-electron chi connectivity index (χ3n) is 3.50. The Kier molecular flexibility index (Phi) is 3.30. The molecule has 0 spiro atoms. The fourth-order valence-corrected chi connectivity index (χ4v) is 2.57. The lowest BCUT2D eigenvalue weighted by Crippen LogP contribution is -2.14. The van der Waals surface area contributed by atoms with Crippen molar-refractivity contribution < 1.29 is 29.1 Å². The van der Waals surface area contributed by atoms with E-state index < -0.39 is 114 Å². The van der Waals surface area contributed by atoms with Gasteiger partial charge in [-0.05, 0) is 49.4 Å². The van der Waals surface area contributed by atoms with Crippen LogP contribution in [-0.2, 0) is 17.5 Å². The Hall–Kier alpha value is -2.70. The van der Waals surface area contributed by atoms with Gasteiger partial charge in [-0.15, -0.1) is 11.3 Å². The van der Waals surface area contributed by atoms with Crippen LogP contribution in [0.3, 0.4) is 0 Å². The molecule has 6 heteroatoms. The molecule has 0 saturated heterocycles. The molecule has 1 heterocycles. The van der Waals surface area contributed by atoms with E-state index in [1.165, 1.54) is 6.92 Å². The zero-order valence-electron chi connectivity index (χ0n) is 29.4. The molecule has 1 amide bonds. The third-order valence-corrected chi connectivity index (χ3v) is 4.10. The van der Waals surface area contributed by atoms with Crippen LogP contribution in [0.25, 0.3) is 0 Å². The summed E-state index contributed by atoms with van der Waals surface area (Å²) in [4.78, 5) is 16.4. The maximum Gasteiger partial charge on any atom is 0.230 e. The average Bonchev–Trinajstić information content (AvgIpc) is 3.25. The van der Waals surface area contributed by atoms with Crippen LogP contribution in [-0.4, -0.2) is 16.0 Å². The molecule has 4 N–H and O–H groups in total. The first kappa shape index (κ1) is 9.41. The number of aromatic nitrogens is 1. The monoisotopic (exact) mass is 423 g/mol. The largest absolute Gasteiger partial charge is 0.388 e. The number of nitrogens with two attached hydrogens (primary N) is 1. The Balaban J connectivity index is 1.89. The summed E-state index contributed by atoms with van der Waals surface area (Å²) < 4.78 is 114. The predicted octanol–water partition coefficient (Wildman–Crippen LogP) is 4.66. The molecule has 3 aromatic rings. The number of carbonyl (C=O) groups is 1. The lowest BCUT2D eigenvalue weighted by atomic mass is 10.0. The number of nitrogen functional groups attached to an aromatic ring is 1. The maximum absolute atomic E-state index is 12.8. The number of anilines is 2. The second-order valence-corrected chi connectivity index (χ2v) is 6.64. The summed E-state index contributed by atoms with van der Waals surface area (Å²) in [6, 6.07) is -5.61. The van der Waals surface area contributed by atoms with Crippen molar-refractivity contribution in [3.8, 4) is 0 Å². The smallest absolute Gasteiger partial charge is 0.230 e. The van der Waals surface area contributed by atoms with E-state index in [9.17, 15) is 9.90 Å². The van der Waals surface area contributed by atoms with Gasteiger partial charge in [0.25, 0.3) is 0 Å². The lowest BCUT2D eigenvalue weighted by molar-refractivity contribution is -0.115. The van der Waals surface area contributed by atoms with Gasteiger partial charge in [-0.3, -0.25) is 4.79 Å². The van der Waals surface area contributed by atoms with Crippen LogP contribution in [0.15, 0.2) is 53.7 Å². The molecule has 0 aliphatic heterocycles. The fraction of sp³-hybridized carbons (Fsp3) is 0.304. The van der Waals surface area contributed by atoms with E-state index in [1.807, 2.05) is 5.32 Å². The molecule has 2 aromatic carbocycles. The van der Waals surface area contributed by atoms with Gasteiger partial charge >= 0.3 is 0 Å². The minimum atomic E-state index is -2.94. The molecule has 0 bridgehead atoms. The van der Waals surface area contributed by atoms with E-state index in [4.69, 9.17) is 24.9 Å². The Labute approximate surface area is 195 Å². The van der Waals surface area contributed by atoms with Crippen LogP contribution < -0.4 is 11.1 Å². The van der Waals surface area contributed by atoms with E-state index in [2.05, 4.69) is 4.98 Å². The van der Waals surface area contributed by atoms with Crippen molar-refractivity contribution in [2.45, 2.75) is 45.0 Å². The summed E-state index contributed by atoms with van der Waals surface area (Å²) in [5.41, 5.74) is 2.88. The van der Waals surface area contributed by atoms with Crippen molar-refractivity contribution >= 4 is 28.1 Å². The molecule has 0 radical (unpaired) electrons. The second-order valence-electron chi connectivity index (χ2n) is 5.81. The van der Waals surface area contributed by atoms with Crippen molar-refractivity contribution in [1.82, 2.24) is 4.98 Å². The zero-order valence-corrected chi connectivity index (χ0v) is 16.2. The molecule has 152 valence electrons. The van der Waals surface area contributed by atoms with Crippen LogP contribution >= 0.6 is 11.3 Å². The summed E-state index contributed by atoms with van der Waals surface area (Å²) >= 11 is 0.620. The van der Waals surface area contributed by atoms with Gasteiger partial charge in [0.2, 0.25) is 5.91 Å². The number of hydrogen-bond acceptors (Lipinski definition) is 5. The van der Waals surface area contributed by atoms with E-state index >= 15 is 0 Å². The highest BCUT2D eigenvalue weighted by Crippen LogP contribution is 2.21. The molecule has 1 aromatic heterocycles. The normalized spacial score (nSPS) is 20.9. The van der Waals surface area contributed by atoms with Gasteiger partial charge in [0.1, 0.15) is 0 Å². The number of nitrogens with zero attached hydrogens (tertiary/aromatic N) is 1. The van der Waals surface area contributed by atoms with Crippen LogP contribution in [0.4, 0.5) is 10.8 Å². The molecule has 0 aliphatic rings. The molecule has 0 saturated carbocycles. The van der Waals surface area contributed by atoms with Gasteiger partial charge in [-0.2, -0.15) is 0 Å². The summed E-state index contributed by atoms with van der Waals surface area (Å²) in [5, 5.41) is 12.1. The first-order valence-corrected chi connectivity index (χ1v) is 9.35. The van der Waals surface area contributed by atoms with Crippen LogP contribution in [0.2, 0.25) is 0 Å². The van der Waals surface area contributed by atoms with Crippen LogP contribution in [0.5, 0.6) is 0 Å². The number of amides is 1. The Morgan fingerprint density at radius 1 is 1.28 bits per heavy atom. The summed E-state index contributed by atoms with van der Waals surface area (Å²) in [6.07, 6.45) is -9.59. The number of thiazole rings is 1. The minimum Gasteiger partial charge on any atom is -0.388 e. The number of nitrogens with one attached hydrogen (secondary N) is 1. The SMILES string of the molecule is [2H]c1sc(N)nc1C([2H])([2H])C(=O)Nc1c([2H])c([2H])c(C([2H])([2H])CCC[C@]([2H])(O)c2c([2H])c([2H])c(C)c([2H])c2[2H])c([2H])c1[2H]. The fourth-order valence-electron chi connectivity index (χ4n) is 2.14. The summed E-state index contributed by atoms with van der Waals surface area (Å²) in [5.74, 6) is -1.46. The molecular weight excluding hydrogens is 382 g/mol. The van der Waals surface area contributed by atoms with Crippen molar-refractivity contribution in [2.24, 2.45) is 0 Å². The van der Waals surface area contributed by atoms with Crippen LogP contribution in [0.1, 0.15) is 66.9 Å². The highest BCUT2D eigenvalue weighted by Gasteiger charge is 2.08. The topological polar surface area (TPSA) is 88.2 Å². The predicted molar refractivity (Wildman–Crippen MR) is 119 cm³/mol. The van der Waals surface area contributed by atoms with Gasteiger partial charge < -0.3 is 16.2 Å². The van der Waals surface area contributed by atoms with Crippen molar-refractivity contribution in [3.05, 3.63) is 76.1 Å². The number of rotatable bonds is 9. The van der Waals surface area contributed by atoms with Gasteiger partial charge in [-0.25, -0.2) is 4.98 Å². The zero-order chi connectivity index (χ0) is 33.0. The second kappa shape index (κ2) is 10.2. The third kappa shape index (κ3) is 6.69. The molecule has 0 aliphatic carbocycles. The van der Waals surface area contributed by atoms with Gasteiger partial charge in [0.05, 0.1) is 31.9 Å². The average molecular weight is 424 g/mol.